The van der Waals surface area contributed by atoms with E-state index >= 15 is 0 Å². The number of anilines is 1. The quantitative estimate of drug-likeness (QED) is 0.789. The van der Waals surface area contributed by atoms with Gasteiger partial charge in [-0.3, -0.25) is 4.79 Å². The molecule has 1 N–H and O–H groups in total. The summed E-state index contributed by atoms with van der Waals surface area (Å²) in [6.07, 6.45) is 0.713. The van der Waals surface area contributed by atoms with Crippen molar-refractivity contribution in [2.24, 2.45) is 10.8 Å². The number of hydrogen-bond acceptors (Lipinski definition) is 3. The average Bonchev–Trinajstić information content (AvgIpc) is 2.35. The molecule has 1 aromatic carbocycles. The summed E-state index contributed by atoms with van der Waals surface area (Å²) in [7, 11) is 1.47. The molecule has 3 heteroatoms. The lowest BCUT2D eigenvalue weighted by molar-refractivity contribution is -0.154. The smallest absolute Gasteiger partial charge is 0.313 e. The van der Waals surface area contributed by atoms with E-state index in [4.69, 9.17) is 4.74 Å². The van der Waals surface area contributed by atoms with Crippen LogP contribution in [0.2, 0.25) is 0 Å². The van der Waals surface area contributed by atoms with E-state index < -0.39 is 5.41 Å². The molecule has 0 bridgehead atoms. The normalized spacial score (nSPS) is 26.3. The molecule has 2 atom stereocenters. The van der Waals surface area contributed by atoms with Gasteiger partial charge in [0.05, 0.1) is 12.5 Å². The highest BCUT2D eigenvalue weighted by atomic mass is 16.5. The Kier molecular flexibility index (Phi) is 3.33. The first kappa shape index (κ1) is 13.9. The van der Waals surface area contributed by atoms with Crippen LogP contribution in [-0.4, -0.2) is 19.1 Å². The Balaban J connectivity index is 2.49. The van der Waals surface area contributed by atoms with Crippen LogP contribution in [0.15, 0.2) is 24.3 Å². The third-order valence-electron chi connectivity index (χ3n) is 4.03. The molecule has 104 valence electrons. The Hall–Kier alpha value is -1.51. The molecule has 1 heterocycles. The standard InChI is InChI=1S/C16H23NO2/c1-15(2,3)13-16(4,14(18)19-5)10-11-8-6-7-9-12(11)17-13/h6-9,13,17H,10H2,1-5H3/t13-,16+/m1/s1. The fourth-order valence-corrected chi connectivity index (χ4v) is 3.22. The summed E-state index contributed by atoms with van der Waals surface area (Å²) in [5.41, 5.74) is 1.73. The van der Waals surface area contributed by atoms with Gasteiger partial charge in [0.2, 0.25) is 0 Å². The van der Waals surface area contributed by atoms with Gasteiger partial charge in [0.1, 0.15) is 0 Å². The number of benzene rings is 1. The number of esters is 1. The minimum Gasteiger partial charge on any atom is -0.469 e. The van der Waals surface area contributed by atoms with Gasteiger partial charge in [-0.1, -0.05) is 39.0 Å². The van der Waals surface area contributed by atoms with Crippen molar-refractivity contribution in [2.75, 3.05) is 12.4 Å². The first-order chi connectivity index (χ1) is 8.79. The third kappa shape index (κ3) is 2.34. The fourth-order valence-electron chi connectivity index (χ4n) is 3.22. The first-order valence-corrected chi connectivity index (χ1v) is 6.72. The molecule has 1 aromatic rings. The van der Waals surface area contributed by atoms with Crippen molar-refractivity contribution < 1.29 is 9.53 Å². The maximum Gasteiger partial charge on any atom is 0.313 e. The average molecular weight is 261 g/mol. The van der Waals surface area contributed by atoms with E-state index in [-0.39, 0.29) is 17.4 Å². The Morgan fingerprint density at radius 2 is 2.00 bits per heavy atom. The van der Waals surface area contributed by atoms with Crippen molar-refractivity contribution in [3.05, 3.63) is 29.8 Å². The van der Waals surface area contributed by atoms with Crippen LogP contribution in [0.1, 0.15) is 33.3 Å². The lowest BCUT2D eigenvalue weighted by Gasteiger charge is -2.47. The monoisotopic (exact) mass is 261 g/mol. The van der Waals surface area contributed by atoms with Gasteiger partial charge in [0, 0.05) is 11.7 Å². The number of rotatable bonds is 1. The second-order valence-electron chi connectivity index (χ2n) is 6.69. The van der Waals surface area contributed by atoms with Crippen molar-refractivity contribution in [2.45, 2.75) is 40.2 Å². The molecular formula is C16H23NO2. The van der Waals surface area contributed by atoms with Crippen LogP contribution in [-0.2, 0) is 16.0 Å². The molecule has 3 nitrogen and oxygen atoms in total. The molecule has 0 spiro atoms. The Labute approximate surface area is 115 Å². The van der Waals surface area contributed by atoms with Crippen LogP contribution < -0.4 is 5.32 Å². The van der Waals surface area contributed by atoms with Crippen LogP contribution in [0.25, 0.3) is 0 Å². The van der Waals surface area contributed by atoms with Crippen LogP contribution in [0, 0.1) is 10.8 Å². The zero-order valence-corrected chi connectivity index (χ0v) is 12.4. The predicted molar refractivity (Wildman–Crippen MR) is 77.1 cm³/mol. The summed E-state index contributed by atoms with van der Waals surface area (Å²) >= 11 is 0. The van der Waals surface area contributed by atoms with Gasteiger partial charge in [-0.15, -0.1) is 0 Å². The summed E-state index contributed by atoms with van der Waals surface area (Å²) in [4.78, 5) is 12.3. The molecule has 0 amide bonds. The molecule has 0 fully saturated rings. The van der Waals surface area contributed by atoms with Gasteiger partial charge in [-0.05, 0) is 30.4 Å². The Morgan fingerprint density at radius 3 is 2.58 bits per heavy atom. The molecule has 0 radical (unpaired) electrons. The second kappa shape index (κ2) is 4.55. The first-order valence-electron chi connectivity index (χ1n) is 6.72. The SMILES string of the molecule is COC(=O)[C@@]1(C)Cc2ccccc2N[C@@H]1C(C)(C)C. The summed E-state index contributed by atoms with van der Waals surface area (Å²) in [5, 5.41) is 3.54. The van der Waals surface area contributed by atoms with E-state index in [0.29, 0.717) is 6.42 Å². The third-order valence-corrected chi connectivity index (χ3v) is 4.03. The van der Waals surface area contributed by atoms with E-state index in [1.54, 1.807) is 0 Å². The van der Waals surface area contributed by atoms with Crippen LogP contribution in [0.4, 0.5) is 5.69 Å². The maximum atomic E-state index is 12.3. The number of ether oxygens (including phenoxy) is 1. The highest BCUT2D eigenvalue weighted by Crippen LogP contribution is 2.44. The lowest BCUT2D eigenvalue weighted by Crippen LogP contribution is -2.55. The van der Waals surface area contributed by atoms with Gasteiger partial charge in [0.25, 0.3) is 0 Å². The number of carbonyl (C=O) groups is 1. The molecule has 1 aliphatic heterocycles. The van der Waals surface area contributed by atoms with Crippen molar-refractivity contribution in [1.29, 1.82) is 0 Å². The molecule has 19 heavy (non-hydrogen) atoms. The van der Waals surface area contributed by atoms with Crippen LogP contribution in [0.3, 0.4) is 0 Å². The molecular weight excluding hydrogens is 238 g/mol. The molecule has 0 saturated carbocycles. The van der Waals surface area contributed by atoms with E-state index in [9.17, 15) is 4.79 Å². The topological polar surface area (TPSA) is 38.3 Å². The second-order valence-corrected chi connectivity index (χ2v) is 6.69. The number of fused-ring (bicyclic) bond motifs is 1. The van der Waals surface area contributed by atoms with Gasteiger partial charge >= 0.3 is 5.97 Å². The van der Waals surface area contributed by atoms with Gasteiger partial charge in [-0.25, -0.2) is 0 Å². The Morgan fingerprint density at radius 1 is 1.37 bits per heavy atom. The number of methoxy groups -OCH3 is 1. The van der Waals surface area contributed by atoms with E-state index in [2.05, 4.69) is 38.2 Å². The molecule has 2 rings (SSSR count). The number of nitrogens with one attached hydrogen (secondary N) is 1. The summed E-state index contributed by atoms with van der Waals surface area (Å²) in [6.45, 7) is 8.46. The molecule has 1 aliphatic rings. The summed E-state index contributed by atoms with van der Waals surface area (Å²) in [6, 6.07) is 8.22. The van der Waals surface area contributed by atoms with Gasteiger partial charge in [0.15, 0.2) is 0 Å². The van der Waals surface area contributed by atoms with Crippen molar-refractivity contribution >= 4 is 11.7 Å². The summed E-state index contributed by atoms with van der Waals surface area (Å²) < 4.78 is 5.05. The highest BCUT2D eigenvalue weighted by Gasteiger charge is 2.50. The highest BCUT2D eigenvalue weighted by molar-refractivity contribution is 5.80. The predicted octanol–water partition coefficient (Wildman–Crippen LogP) is 3.25. The molecule has 0 aromatic heterocycles. The molecule has 0 aliphatic carbocycles. The number of carbonyl (C=O) groups excluding carboxylic acids is 1. The molecule has 0 unspecified atom stereocenters. The molecule has 0 saturated heterocycles. The minimum atomic E-state index is -0.540. The summed E-state index contributed by atoms with van der Waals surface area (Å²) in [5.74, 6) is -0.144. The van der Waals surface area contributed by atoms with E-state index in [0.717, 1.165) is 5.69 Å². The van der Waals surface area contributed by atoms with Crippen LogP contribution >= 0.6 is 0 Å². The maximum absolute atomic E-state index is 12.3. The largest absolute Gasteiger partial charge is 0.469 e. The minimum absolute atomic E-state index is 0.0313. The van der Waals surface area contributed by atoms with E-state index in [1.807, 2.05) is 19.1 Å². The van der Waals surface area contributed by atoms with Gasteiger partial charge in [-0.2, -0.15) is 0 Å². The zero-order valence-electron chi connectivity index (χ0n) is 12.4. The van der Waals surface area contributed by atoms with Crippen molar-refractivity contribution in [1.82, 2.24) is 0 Å². The van der Waals surface area contributed by atoms with E-state index in [1.165, 1.54) is 12.7 Å². The zero-order chi connectivity index (χ0) is 14.3. The number of para-hydroxylation sites is 1. The Bertz CT molecular complexity index is 490. The van der Waals surface area contributed by atoms with Crippen molar-refractivity contribution in [3.63, 3.8) is 0 Å². The lowest BCUT2D eigenvalue weighted by atomic mass is 9.65. The fraction of sp³-hybridized carbons (Fsp3) is 0.562. The van der Waals surface area contributed by atoms with Crippen LogP contribution in [0.5, 0.6) is 0 Å². The van der Waals surface area contributed by atoms with Crippen molar-refractivity contribution in [3.8, 4) is 0 Å². The van der Waals surface area contributed by atoms with Gasteiger partial charge < -0.3 is 10.1 Å². The number of hydrogen-bond donors (Lipinski definition) is 1.